The Bertz CT molecular complexity index is 621. The van der Waals surface area contributed by atoms with Gasteiger partial charge in [-0.05, 0) is 23.8 Å². The van der Waals surface area contributed by atoms with E-state index in [1.165, 1.54) is 6.07 Å². The van der Waals surface area contributed by atoms with Crippen molar-refractivity contribution >= 4 is 6.29 Å². The average molecular weight is 294 g/mol. The Morgan fingerprint density at radius 1 is 1.05 bits per heavy atom. The number of alkyl halides is 3. The highest BCUT2D eigenvalue weighted by atomic mass is 19.4. The predicted molar refractivity (Wildman–Crippen MR) is 72.5 cm³/mol. The maximum Gasteiger partial charge on any atom is 0.416 e. The smallest absolute Gasteiger partial charge is 0.416 e. The molecule has 2 aromatic rings. The number of rotatable bonds is 5. The molecule has 0 unspecified atom stereocenters. The summed E-state index contributed by atoms with van der Waals surface area (Å²) in [7, 11) is 0. The van der Waals surface area contributed by atoms with Crippen LogP contribution in [0.5, 0.6) is 5.75 Å². The molecule has 2 rings (SSSR count). The Morgan fingerprint density at radius 2 is 1.81 bits per heavy atom. The van der Waals surface area contributed by atoms with Gasteiger partial charge in [-0.3, -0.25) is 4.79 Å². The molecule has 0 aromatic heterocycles. The number of carbonyl (C=O) groups is 1. The second-order valence-electron chi connectivity index (χ2n) is 4.49. The Morgan fingerprint density at radius 3 is 2.52 bits per heavy atom. The van der Waals surface area contributed by atoms with Gasteiger partial charge in [-0.1, -0.05) is 30.3 Å². The molecule has 0 bridgehead atoms. The molecule has 0 radical (unpaired) electrons. The van der Waals surface area contributed by atoms with Gasteiger partial charge in [0, 0.05) is 12.0 Å². The number of carbonyl (C=O) groups excluding carboxylic acids is 1. The van der Waals surface area contributed by atoms with E-state index in [2.05, 4.69) is 0 Å². The van der Waals surface area contributed by atoms with Gasteiger partial charge in [-0.25, -0.2) is 0 Å². The van der Waals surface area contributed by atoms with Crippen LogP contribution in [0.4, 0.5) is 13.2 Å². The van der Waals surface area contributed by atoms with Crippen molar-refractivity contribution < 1.29 is 22.7 Å². The van der Waals surface area contributed by atoms with E-state index in [1.54, 1.807) is 30.3 Å². The summed E-state index contributed by atoms with van der Waals surface area (Å²) in [6.07, 6.45) is -3.27. The SMILES string of the molecule is O=Cc1cccc(OCCc2cccc(C(F)(F)F)c2)c1. The lowest BCUT2D eigenvalue weighted by Gasteiger charge is -2.10. The van der Waals surface area contributed by atoms with Crippen LogP contribution in [0.15, 0.2) is 48.5 Å². The molecule has 0 N–H and O–H groups in total. The zero-order valence-corrected chi connectivity index (χ0v) is 11.1. The number of aldehydes is 1. The lowest BCUT2D eigenvalue weighted by molar-refractivity contribution is -0.137. The fraction of sp³-hybridized carbons (Fsp3) is 0.188. The summed E-state index contributed by atoms with van der Waals surface area (Å²) in [4.78, 5) is 10.6. The monoisotopic (exact) mass is 294 g/mol. The maximum absolute atomic E-state index is 12.6. The molecule has 0 heterocycles. The van der Waals surface area contributed by atoms with Crippen LogP contribution in [0.3, 0.4) is 0 Å². The van der Waals surface area contributed by atoms with E-state index >= 15 is 0 Å². The molecule has 2 aromatic carbocycles. The topological polar surface area (TPSA) is 26.3 Å². The minimum atomic E-state index is -4.34. The minimum Gasteiger partial charge on any atom is -0.493 e. The first-order chi connectivity index (χ1) is 9.99. The first-order valence-electron chi connectivity index (χ1n) is 6.33. The van der Waals surface area contributed by atoms with E-state index in [0.717, 1.165) is 12.1 Å². The van der Waals surface area contributed by atoms with Gasteiger partial charge < -0.3 is 4.74 Å². The first kappa shape index (κ1) is 15.1. The molecule has 0 saturated heterocycles. The van der Waals surface area contributed by atoms with Gasteiger partial charge >= 0.3 is 6.18 Å². The van der Waals surface area contributed by atoms with E-state index in [-0.39, 0.29) is 6.61 Å². The van der Waals surface area contributed by atoms with Crippen molar-refractivity contribution in [3.63, 3.8) is 0 Å². The molecule has 0 aliphatic rings. The van der Waals surface area contributed by atoms with Crippen molar-refractivity contribution in [1.29, 1.82) is 0 Å². The Labute approximate surface area is 120 Å². The Hall–Kier alpha value is -2.30. The highest BCUT2D eigenvalue weighted by Crippen LogP contribution is 2.29. The van der Waals surface area contributed by atoms with Crippen LogP contribution in [0.2, 0.25) is 0 Å². The van der Waals surface area contributed by atoms with Crippen molar-refractivity contribution in [2.24, 2.45) is 0 Å². The third-order valence-electron chi connectivity index (χ3n) is 2.91. The molecule has 0 spiro atoms. The second-order valence-corrected chi connectivity index (χ2v) is 4.49. The van der Waals surface area contributed by atoms with Crippen molar-refractivity contribution in [3.05, 3.63) is 65.2 Å². The van der Waals surface area contributed by atoms with Crippen LogP contribution in [-0.2, 0) is 12.6 Å². The van der Waals surface area contributed by atoms with Gasteiger partial charge in [0.2, 0.25) is 0 Å². The molecule has 0 aliphatic carbocycles. The number of hydrogen-bond acceptors (Lipinski definition) is 2. The number of benzene rings is 2. The van der Waals surface area contributed by atoms with Gasteiger partial charge in [0.25, 0.3) is 0 Å². The van der Waals surface area contributed by atoms with Crippen molar-refractivity contribution in [3.8, 4) is 5.75 Å². The summed E-state index contributed by atoms with van der Waals surface area (Å²) >= 11 is 0. The van der Waals surface area contributed by atoms with E-state index in [1.807, 2.05) is 0 Å². The molecule has 0 amide bonds. The van der Waals surface area contributed by atoms with Gasteiger partial charge in [-0.15, -0.1) is 0 Å². The molecular weight excluding hydrogens is 281 g/mol. The van der Waals surface area contributed by atoms with E-state index < -0.39 is 11.7 Å². The molecule has 2 nitrogen and oxygen atoms in total. The highest BCUT2D eigenvalue weighted by Gasteiger charge is 2.30. The Kier molecular flexibility index (Phi) is 4.62. The number of halogens is 3. The maximum atomic E-state index is 12.6. The van der Waals surface area contributed by atoms with E-state index in [9.17, 15) is 18.0 Å². The van der Waals surface area contributed by atoms with E-state index in [4.69, 9.17) is 4.74 Å². The van der Waals surface area contributed by atoms with Gasteiger partial charge in [0.1, 0.15) is 12.0 Å². The molecule has 110 valence electrons. The number of ether oxygens (including phenoxy) is 1. The van der Waals surface area contributed by atoms with Crippen molar-refractivity contribution in [2.45, 2.75) is 12.6 Å². The molecule has 0 fully saturated rings. The summed E-state index contributed by atoms with van der Waals surface area (Å²) in [5, 5.41) is 0. The van der Waals surface area contributed by atoms with E-state index in [0.29, 0.717) is 29.6 Å². The zero-order valence-electron chi connectivity index (χ0n) is 11.1. The lowest BCUT2D eigenvalue weighted by Crippen LogP contribution is -2.07. The van der Waals surface area contributed by atoms with Crippen LogP contribution in [-0.4, -0.2) is 12.9 Å². The molecule has 0 atom stereocenters. The molecular formula is C16H13F3O2. The number of hydrogen-bond donors (Lipinski definition) is 0. The average Bonchev–Trinajstić information content (AvgIpc) is 2.47. The highest BCUT2D eigenvalue weighted by molar-refractivity contribution is 5.75. The molecule has 0 saturated carbocycles. The zero-order chi connectivity index (χ0) is 15.3. The lowest BCUT2D eigenvalue weighted by atomic mass is 10.1. The summed E-state index contributed by atoms with van der Waals surface area (Å²) in [6, 6.07) is 11.8. The standard InChI is InChI=1S/C16H13F3O2/c17-16(18,19)14-5-1-3-12(9-14)7-8-21-15-6-2-4-13(10-15)11-20/h1-6,9-11H,7-8H2. The quantitative estimate of drug-likeness (QED) is 0.775. The van der Waals surface area contributed by atoms with Crippen molar-refractivity contribution in [2.75, 3.05) is 6.61 Å². The largest absolute Gasteiger partial charge is 0.493 e. The van der Waals surface area contributed by atoms with Gasteiger partial charge in [0.15, 0.2) is 0 Å². The molecule has 0 aliphatic heterocycles. The summed E-state index contributed by atoms with van der Waals surface area (Å²) in [5.41, 5.74) is 0.380. The summed E-state index contributed by atoms with van der Waals surface area (Å²) in [5.74, 6) is 0.520. The van der Waals surface area contributed by atoms with Gasteiger partial charge in [0.05, 0.1) is 12.2 Å². The van der Waals surface area contributed by atoms with Crippen LogP contribution < -0.4 is 4.74 Å². The third kappa shape index (κ3) is 4.34. The molecule has 21 heavy (non-hydrogen) atoms. The van der Waals surface area contributed by atoms with Gasteiger partial charge in [-0.2, -0.15) is 13.2 Å². The van der Waals surface area contributed by atoms with Crippen LogP contribution in [0.1, 0.15) is 21.5 Å². The van der Waals surface area contributed by atoms with Crippen LogP contribution in [0.25, 0.3) is 0 Å². The van der Waals surface area contributed by atoms with Crippen molar-refractivity contribution in [1.82, 2.24) is 0 Å². The fourth-order valence-corrected chi connectivity index (χ4v) is 1.87. The Balaban J connectivity index is 1.95. The predicted octanol–water partition coefficient (Wildman–Crippen LogP) is 4.14. The fourth-order valence-electron chi connectivity index (χ4n) is 1.87. The minimum absolute atomic E-state index is 0.240. The second kappa shape index (κ2) is 6.43. The first-order valence-corrected chi connectivity index (χ1v) is 6.33. The third-order valence-corrected chi connectivity index (χ3v) is 2.91. The normalized spacial score (nSPS) is 11.2. The summed E-state index contributed by atoms with van der Waals surface area (Å²) < 4.78 is 43.2. The van der Waals surface area contributed by atoms with Crippen LogP contribution in [0, 0.1) is 0 Å². The summed E-state index contributed by atoms with van der Waals surface area (Å²) in [6.45, 7) is 0.240. The molecule has 5 heteroatoms. The van der Waals surface area contributed by atoms with Crippen LogP contribution >= 0.6 is 0 Å².